The molecule has 2 rings (SSSR count). The zero-order chi connectivity index (χ0) is 20.0. The van der Waals surface area contributed by atoms with Crippen molar-refractivity contribution in [3.63, 3.8) is 0 Å². The molecule has 0 aliphatic heterocycles. The highest BCUT2D eigenvalue weighted by molar-refractivity contribution is 6.36. The molecule has 5 nitrogen and oxygen atoms in total. The fraction of sp³-hybridized carbons (Fsp3) is 0.250. The molecule has 0 aromatic heterocycles. The van der Waals surface area contributed by atoms with Crippen molar-refractivity contribution in [1.82, 2.24) is 5.32 Å². The third-order valence-electron chi connectivity index (χ3n) is 3.76. The van der Waals surface area contributed by atoms with Crippen LogP contribution >= 0.6 is 23.2 Å². The van der Waals surface area contributed by atoms with Crippen LogP contribution in [-0.2, 0) is 4.79 Å². The van der Waals surface area contributed by atoms with Crippen molar-refractivity contribution in [1.29, 1.82) is 5.26 Å². The molecule has 0 saturated heterocycles. The van der Waals surface area contributed by atoms with E-state index in [2.05, 4.69) is 10.6 Å². The molecule has 0 radical (unpaired) electrons. The summed E-state index contributed by atoms with van der Waals surface area (Å²) in [5.74, 6) is -0.646. The number of carbonyl (C=O) groups excluding carboxylic acids is 2. The molecule has 7 heteroatoms. The summed E-state index contributed by atoms with van der Waals surface area (Å²) in [5.41, 5.74) is 1.17. The number of amides is 2. The number of nitrogens with zero attached hydrogens (tertiary/aromatic N) is 1. The largest absolute Gasteiger partial charge is 0.340 e. The Morgan fingerprint density at radius 1 is 1.15 bits per heavy atom. The summed E-state index contributed by atoms with van der Waals surface area (Å²) in [7, 11) is 0. The Labute approximate surface area is 168 Å². The second kappa shape index (κ2) is 9.40. The van der Waals surface area contributed by atoms with Gasteiger partial charge in [0.05, 0.1) is 22.2 Å². The van der Waals surface area contributed by atoms with Crippen LogP contribution in [-0.4, -0.2) is 17.9 Å². The lowest BCUT2D eigenvalue weighted by Gasteiger charge is -2.20. The summed E-state index contributed by atoms with van der Waals surface area (Å²) in [6, 6.07) is 12.4. The Balaban J connectivity index is 2.17. The van der Waals surface area contributed by atoms with Crippen molar-refractivity contribution in [3.05, 3.63) is 63.6 Å². The van der Waals surface area contributed by atoms with Gasteiger partial charge in [-0.1, -0.05) is 43.1 Å². The van der Waals surface area contributed by atoms with Crippen molar-refractivity contribution in [2.24, 2.45) is 5.92 Å². The fourth-order valence-corrected chi connectivity index (χ4v) is 3.00. The van der Waals surface area contributed by atoms with Gasteiger partial charge in [-0.05, 0) is 48.7 Å². The predicted molar refractivity (Wildman–Crippen MR) is 107 cm³/mol. The van der Waals surface area contributed by atoms with Crippen LogP contribution < -0.4 is 10.6 Å². The molecule has 2 amide bonds. The van der Waals surface area contributed by atoms with E-state index in [-0.39, 0.29) is 22.4 Å². The maximum atomic E-state index is 12.7. The lowest BCUT2D eigenvalue weighted by atomic mass is 10.0. The molecular weight excluding hydrogens is 385 g/mol. The van der Waals surface area contributed by atoms with Crippen molar-refractivity contribution >= 4 is 40.7 Å². The molecule has 0 fully saturated rings. The van der Waals surface area contributed by atoms with Crippen LogP contribution in [0.5, 0.6) is 0 Å². The van der Waals surface area contributed by atoms with Gasteiger partial charge < -0.3 is 10.6 Å². The average molecular weight is 404 g/mol. The standard InChI is InChI=1S/C20H19Cl2N3O2/c1-12(2)8-18(20(27)24-15-5-3-4-13(9-15)11-23)25-19(26)16-7-6-14(21)10-17(16)22/h3-7,9-10,12,18H,8H2,1-2H3,(H,24,27)(H,25,26)/t18-/m0/s1. The van der Waals surface area contributed by atoms with Crippen molar-refractivity contribution in [3.8, 4) is 6.07 Å². The highest BCUT2D eigenvalue weighted by Crippen LogP contribution is 2.21. The summed E-state index contributed by atoms with van der Waals surface area (Å²) < 4.78 is 0. The average Bonchev–Trinajstić information content (AvgIpc) is 2.60. The second-order valence-electron chi connectivity index (χ2n) is 6.46. The van der Waals surface area contributed by atoms with E-state index in [0.29, 0.717) is 22.7 Å². The number of carbonyl (C=O) groups is 2. The SMILES string of the molecule is CC(C)C[C@H](NC(=O)c1ccc(Cl)cc1Cl)C(=O)Nc1cccc(C#N)c1. The molecule has 2 aromatic rings. The molecule has 2 N–H and O–H groups in total. The van der Waals surface area contributed by atoms with Gasteiger partial charge in [0.25, 0.3) is 5.91 Å². The molecule has 140 valence electrons. The van der Waals surface area contributed by atoms with Crippen LogP contribution in [0.25, 0.3) is 0 Å². The van der Waals surface area contributed by atoms with Crippen LogP contribution in [0.15, 0.2) is 42.5 Å². The maximum Gasteiger partial charge on any atom is 0.253 e. The van der Waals surface area contributed by atoms with E-state index in [1.54, 1.807) is 30.3 Å². The topological polar surface area (TPSA) is 82.0 Å². The van der Waals surface area contributed by atoms with Gasteiger partial charge in [0.1, 0.15) is 6.04 Å². The third-order valence-corrected chi connectivity index (χ3v) is 4.31. The van der Waals surface area contributed by atoms with Gasteiger partial charge in [-0.2, -0.15) is 5.26 Å². The smallest absolute Gasteiger partial charge is 0.253 e. The number of nitrogens with one attached hydrogen (secondary N) is 2. The first-order chi connectivity index (χ1) is 12.8. The molecule has 27 heavy (non-hydrogen) atoms. The van der Waals surface area contributed by atoms with Gasteiger partial charge in [-0.15, -0.1) is 0 Å². The highest BCUT2D eigenvalue weighted by atomic mass is 35.5. The Kier molecular flexibility index (Phi) is 7.23. The molecule has 0 bridgehead atoms. The van der Waals surface area contributed by atoms with Gasteiger partial charge in [-0.25, -0.2) is 0 Å². The molecule has 0 aliphatic carbocycles. The molecule has 0 spiro atoms. The Morgan fingerprint density at radius 2 is 1.89 bits per heavy atom. The third kappa shape index (κ3) is 5.99. The molecule has 0 saturated carbocycles. The van der Waals surface area contributed by atoms with E-state index >= 15 is 0 Å². The monoisotopic (exact) mass is 403 g/mol. The van der Waals surface area contributed by atoms with Crippen LogP contribution in [0.4, 0.5) is 5.69 Å². The van der Waals surface area contributed by atoms with Crippen LogP contribution in [0.2, 0.25) is 10.0 Å². The first kappa shape index (κ1) is 20.8. The normalized spacial score (nSPS) is 11.6. The van der Waals surface area contributed by atoms with Gasteiger partial charge in [0.2, 0.25) is 5.91 Å². The molecule has 2 aromatic carbocycles. The van der Waals surface area contributed by atoms with E-state index in [4.69, 9.17) is 28.5 Å². The fourth-order valence-electron chi connectivity index (χ4n) is 2.51. The van der Waals surface area contributed by atoms with Gasteiger partial charge >= 0.3 is 0 Å². The summed E-state index contributed by atoms with van der Waals surface area (Å²) in [6.07, 6.45) is 0.445. The van der Waals surface area contributed by atoms with Crippen molar-refractivity contribution in [2.45, 2.75) is 26.3 Å². The van der Waals surface area contributed by atoms with Gasteiger partial charge in [0.15, 0.2) is 0 Å². The minimum absolute atomic E-state index is 0.173. The highest BCUT2D eigenvalue weighted by Gasteiger charge is 2.23. The van der Waals surface area contributed by atoms with E-state index in [1.165, 1.54) is 12.1 Å². The quantitative estimate of drug-likeness (QED) is 0.736. The first-order valence-corrected chi connectivity index (χ1v) is 9.12. The van der Waals surface area contributed by atoms with E-state index in [0.717, 1.165) is 0 Å². The minimum atomic E-state index is -0.755. The van der Waals surface area contributed by atoms with E-state index in [9.17, 15) is 9.59 Å². The van der Waals surface area contributed by atoms with Gasteiger partial charge in [-0.3, -0.25) is 9.59 Å². The zero-order valence-corrected chi connectivity index (χ0v) is 16.4. The number of hydrogen-bond donors (Lipinski definition) is 2. The summed E-state index contributed by atoms with van der Waals surface area (Å²) in [5, 5.41) is 15.1. The molecule has 0 heterocycles. The molecular formula is C20H19Cl2N3O2. The number of rotatable bonds is 6. The van der Waals surface area contributed by atoms with Crippen molar-refractivity contribution < 1.29 is 9.59 Å². The Hall–Kier alpha value is -2.55. The lowest BCUT2D eigenvalue weighted by molar-refractivity contribution is -0.118. The number of benzene rings is 2. The molecule has 0 unspecified atom stereocenters. The molecule has 0 aliphatic rings. The lowest BCUT2D eigenvalue weighted by Crippen LogP contribution is -2.44. The Morgan fingerprint density at radius 3 is 2.52 bits per heavy atom. The minimum Gasteiger partial charge on any atom is -0.340 e. The number of nitriles is 1. The van der Waals surface area contributed by atoms with E-state index in [1.807, 2.05) is 19.9 Å². The van der Waals surface area contributed by atoms with Crippen LogP contribution in [0, 0.1) is 17.2 Å². The summed E-state index contributed by atoms with van der Waals surface area (Å²) in [4.78, 5) is 25.3. The number of anilines is 1. The first-order valence-electron chi connectivity index (χ1n) is 8.37. The van der Waals surface area contributed by atoms with Crippen molar-refractivity contribution in [2.75, 3.05) is 5.32 Å². The number of hydrogen-bond acceptors (Lipinski definition) is 3. The van der Waals surface area contributed by atoms with Crippen LogP contribution in [0.1, 0.15) is 36.2 Å². The van der Waals surface area contributed by atoms with Crippen LogP contribution in [0.3, 0.4) is 0 Å². The summed E-state index contributed by atoms with van der Waals surface area (Å²) in [6.45, 7) is 3.91. The Bertz CT molecular complexity index is 891. The predicted octanol–water partition coefficient (Wildman–Crippen LogP) is 4.65. The van der Waals surface area contributed by atoms with Gasteiger partial charge in [0, 0.05) is 10.7 Å². The zero-order valence-electron chi connectivity index (χ0n) is 14.9. The summed E-state index contributed by atoms with van der Waals surface area (Å²) >= 11 is 11.9. The van der Waals surface area contributed by atoms with E-state index < -0.39 is 11.9 Å². The molecule has 1 atom stereocenters. The number of halogens is 2. The second-order valence-corrected chi connectivity index (χ2v) is 7.31. The maximum absolute atomic E-state index is 12.7.